The Kier molecular flexibility index (Phi) is 6.90. The lowest BCUT2D eigenvalue weighted by molar-refractivity contribution is -0.121. The van der Waals surface area contributed by atoms with Gasteiger partial charge in [0.05, 0.1) is 0 Å². The van der Waals surface area contributed by atoms with Gasteiger partial charge in [-0.15, -0.1) is 0 Å². The van der Waals surface area contributed by atoms with Crippen molar-refractivity contribution in [2.24, 2.45) is 5.92 Å². The molecule has 1 N–H and O–H groups in total. The van der Waals surface area contributed by atoms with Crippen LogP contribution in [0, 0.1) is 11.7 Å². The summed E-state index contributed by atoms with van der Waals surface area (Å²) in [4.78, 5) is 17.3. The minimum atomic E-state index is -0.268. The van der Waals surface area contributed by atoms with Gasteiger partial charge in [-0.25, -0.2) is 4.39 Å². The van der Waals surface area contributed by atoms with Crippen molar-refractivity contribution in [1.82, 2.24) is 4.90 Å². The van der Waals surface area contributed by atoms with Crippen molar-refractivity contribution < 1.29 is 9.18 Å². The normalized spacial score (nSPS) is 18.4. The SMILES string of the molecule is O=C(Nc1ccc(N2CCCCC2)cc1)C1CCN(Cc2c(F)cccc2Cl)CC1. The first kappa shape index (κ1) is 21.1. The van der Waals surface area contributed by atoms with Crippen LogP contribution >= 0.6 is 11.6 Å². The Bertz CT molecular complexity index is 839. The van der Waals surface area contributed by atoms with Crippen LogP contribution in [0.4, 0.5) is 15.8 Å². The molecule has 1 amide bonds. The van der Waals surface area contributed by atoms with Gasteiger partial charge < -0.3 is 10.2 Å². The van der Waals surface area contributed by atoms with E-state index < -0.39 is 0 Å². The van der Waals surface area contributed by atoms with Gasteiger partial charge in [0.15, 0.2) is 0 Å². The highest BCUT2D eigenvalue weighted by molar-refractivity contribution is 6.31. The maximum Gasteiger partial charge on any atom is 0.227 e. The average molecular weight is 430 g/mol. The molecule has 0 bridgehead atoms. The van der Waals surface area contributed by atoms with Crippen LogP contribution < -0.4 is 10.2 Å². The number of carbonyl (C=O) groups excluding carboxylic acids is 1. The minimum absolute atomic E-state index is 0.0147. The Morgan fingerprint density at radius 1 is 1.00 bits per heavy atom. The fraction of sp³-hybridized carbons (Fsp3) is 0.458. The van der Waals surface area contributed by atoms with Crippen LogP contribution in [0.15, 0.2) is 42.5 Å². The summed E-state index contributed by atoms with van der Waals surface area (Å²) in [6, 6.07) is 13.0. The lowest BCUT2D eigenvalue weighted by atomic mass is 9.95. The average Bonchev–Trinajstić information content (AvgIpc) is 2.78. The van der Waals surface area contributed by atoms with Crippen LogP contribution in [-0.4, -0.2) is 37.0 Å². The first-order valence-corrected chi connectivity index (χ1v) is 11.3. The number of rotatable bonds is 5. The van der Waals surface area contributed by atoms with Gasteiger partial charge in [0.1, 0.15) is 5.82 Å². The Hall–Kier alpha value is -2.11. The van der Waals surface area contributed by atoms with Crippen molar-refractivity contribution in [2.45, 2.75) is 38.6 Å². The second-order valence-corrected chi connectivity index (χ2v) is 8.74. The maximum absolute atomic E-state index is 14.0. The molecule has 4 nitrogen and oxygen atoms in total. The van der Waals surface area contributed by atoms with Crippen LogP contribution in [0.3, 0.4) is 0 Å². The fourth-order valence-corrected chi connectivity index (χ4v) is 4.64. The van der Waals surface area contributed by atoms with Gasteiger partial charge in [0.25, 0.3) is 0 Å². The zero-order chi connectivity index (χ0) is 20.9. The fourth-order valence-electron chi connectivity index (χ4n) is 4.41. The number of hydrogen-bond acceptors (Lipinski definition) is 3. The summed E-state index contributed by atoms with van der Waals surface area (Å²) in [6.07, 6.45) is 5.35. The third-order valence-corrected chi connectivity index (χ3v) is 6.61. The Morgan fingerprint density at radius 3 is 2.37 bits per heavy atom. The summed E-state index contributed by atoms with van der Waals surface area (Å²) in [6.45, 7) is 4.23. The van der Waals surface area contributed by atoms with Gasteiger partial charge in [-0.1, -0.05) is 17.7 Å². The third kappa shape index (κ3) is 5.13. The number of benzene rings is 2. The highest BCUT2D eigenvalue weighted by Gasteiger charge is 2.26. The molecule has 0 aromatic heterocycles. The molecule has 2 heterocycles. The summed E-state index contributed by atoms with van der Waals surface area (Å²) < 4.78 is 14.0. The number of amides is 1. The van der Waals surface area contributed by atoms with E-state index in [4.69, 9.17) is 11.6 Å². The van der Waals surface area contributed by atoms with Crippen LogP contribution in [-0.2, 0) is 11.3 Å². The zero-order valence-electron chi connectivity index (χ0n) is 17.2. The molecular weight excluding hydrogens is 401 g/mol. The lowest BCUT2D eigenvalue weighted by Gasteiger charge is -2.31. The van der Waals surface area contributed by atoms with Crippen molar-refractivity contribution in [3.8, 4) is 0 Å². The van der Waals surface area contributed by atoms with Crippen LogP contribution in [0.5, 0.6) is 0 Å². The molecule has 160 valence electrons. The number of likely N-dealkylation sites (tertiary alicyclic amines) is 1. The van der Waals surface area contributed by atoms with Crippen molar-refractivity contribution in [3.63, 3.8) is 0 Å². The minimum Gasteiger partial charge on any atom is -0.372 e. The van der Waals surface area contributed by atoms with E-state index in [-0.39, 0.29) is 17.6 Å². The van der Waals surface area contributed by atoms with E-state index in [1.165, 1.54) is 31.0 Å². The molecule has 0 atom stereocenters. The summed E-state index contributed by atoms with van der Waals surface area (Å²) in [5.41, 5.74) is 2.62. The molecule has 0 spiro atoms. The molecule has 0 saturated carbocycles. The Balaban J connectivity index is 1.27. The molecule has 0 unspecified atom stereocenters. The van der Waals surface area contributed by atoms with Crippen LogP contribution in [0.25, 0.3) is 0 Å². The van der Waals surface area contributed by atoms with Crippen molar-refractivity contribution in [2.75, 3.05) is 36.4 Å². The number of anilines is 2. The van der Waals surface area contributed by atoms with Crippen molar-refractivity contribution in [1.29, 1.82) is 0 Å². The highest BCUT2D eigenvalue weighted by atomic mass is 35.5. The standard InChI is InChI=1S/C24H29ClFN3O/c25-22-5-4-6-23(26)21(22)17-28-15-11-18(12-16-28)24(30)27-19-7-9-20(10-8-19)29-13-2-1-3-14-29/h4-10,18H,1-3,11-17H2,(H,27,30). The predicted octanol–water partition coefficient (Wildman–Crippen LogP) is 5.32. The summed E-state index contributed by atoms with van der Waals surface area (Å²) in [5.74, 6) is -0.209. The number of nitrogens with zero attached hydrogens (tertiary/aromatic N) is 2. The molecule has 0 aliphatic carbocycles. The van der Waals surface area contributed by atoms with E-state index >= 15 is 0 Å². The lowest BCUT2D eigenvalue weighted by Crippen LogP contribution is -2.38. The summed E-state index contributed by atoms with van der Waals surface area (Å²) in [7, 11) is 0. The van der Waals surface area contributed by atoms with Crippen LogP contribution in [0.2, 0.25) is 5.02 Å². The van der Waals surface area contributed by atoms with E-state index in [1.807, 2.05) is 12.1 Å². The van der Waals surface area contributed by atoms with Crippen molar-refractivity contribution in [3.05, 3.63) is 58.9 Å². The molecule has 2 aromatic rings. The number of piperidine rings is 2. The molecule has 2 aliphatic heterocycles. The van der Waals surface area contributed by atoms with E-state index in [9.17, 15) is 9.18 Å². The quantitative estimate of drug-likeness (QED) is 0.698. The van der Waals surface area contributed by atoms with Crippen molar-refractivity contribution >= 4 is 28.9 Å². The van der Waals surface area contributed by atoms with Gasteiger partial charge in [0, 0.05) is 47.5 Å². The smallest absolute Gasteiger partial charge is 0.227 e. The first-order valence-electron chi connectivity index (χ1n) is 10.9. The molecule has 2 aromatic carbocycles. The third-order valence-electron chi connectivity index (χ3n) is 6.26. The number of halogens is 2. The molecular formula is C24H29ClFN3O. The Labute approximate surface area is 183 Å². The van der Waals surface area contributed by atoms with E-state index in [0.717, 1.165) is 44.7 Å². The predicted molar refractivity (Wildman–Crippen MR) is 121 cm³/mol. The topological polar surface area (TPSA) is 35.6 Å². The molecule has 2 aliphatic rings. The summed E-state index contributed by atoms with van der Waals surface area (Å²) in [5, 5.41) is 3.53. The summed E-state index contributed by atoms with van der Waals surface area (Å²) >= 11 is 6.14. The van der Waals surface area contributed by atoms with Gasteiger partial charge in [0.2, 0.25) is 5.91 Å². The molecule has 2 fully saturated rings. The largest absolute Gasteiger partial charge is 0.372 e. The van der Waals surface area contributed by atoms with Gasteiger partial charge in [-0.2, -0.15) is 0 Å². The van der Waals surface area contributed by atoms with Gasteiger partial charge in [-0.3, -0.25) is 9.69 Å². The molecule has 30 heavy (non-hydrogen) atoms. The van der Waals surface area contributed by atoms with Gasteiger partial charge >= 0.3 is 0 Å². The zero-order valence-corrected chi connectivity index (χ0v) is 18.0. The number of nitrogens with one attached hydrogen (secondary N) is 1. The van der Waals surface area contributed by atoms with E-state index in [1.54, 1.807) is 12.1 Å². The number of hydrogen-bond donors (Lipinski definition) is 1. The molecule has 6 heteroatoms. The first-order chi connectivity index (χ1) is 14.6. The highest BCUT2D eigenvalue weighted by Crippen LogP contribution is 2.26. The van der Waals surface area contributed by atoms with E-state index in [2.05, 4.69) is 27.2 Å². The molecule has 0 radical (unpaired) electrons. The second kappa shape index (κ2) is 9.80. The van der Waals surface area contributed by atoms with Crippen LogP contribution in [0.1, 0.15) is 37.7 Å². The maximum atomic E-state index is 14.0. The number of carbonyl (C=O) groups is 1. The molecule has 2 saturated heterocycles. The van der Waals surface area contributed by atoms with E-state index in [0.29, 0.717) is 17.1 Å². The second-order valence-electron chi connectivity index (χ2n) is 8.33. The Morgan fingerprint density at radius 2 is 1.70 bits per heavy atom. The van der Waals surface area contributed by atoms with Gasteiger partial charge in [-0.05, 0) is 81.6 Å². The molecule has 4 rings (SSSR count). The monoisotopic (exact) mass is 429 g/mol.